The zero-order valence-corrected chi connectivity index (χ0v) is 14.7. The van der Waals surface area contributed by atoms with Crippen molar-refractivity contribution in [1.82, 2.24) is 19.3 Å². The second-order valence-corrected chi connectivity index (χ2v) is 9.27. The van der Waals surface area contributed by atoms with Gasteiger partial charge >= 0.3 is 5.69 Å². The summed E-state index contributed by atoms with van der Waals surface area (Å²) in [5.74, 6) is 0.570. The maximum Gasteiger partial charge on any atom is 0.345 e. The predicted molar refractivity (Wildman–Crippen MR) is 88.9 cm³/mol. The van der Waals surface area contributed by atoms with Crippen molar-refractivity contribution in [2.75, 3.05) is 5.75 Å². The first-order valence-corrected chi connectivity index (χ1v) is 9.05. The number of sulfone groups is 1. The maximum absolute atomic E-state index is 12.2. The van der Waals surface area contributed by atoms with Gasteiger partial charge in [-0.05, 0) is 39.3 Å². The molecule has 0 aliphatic heterocycles. The van der Waals surface area contributed by atoms with Crippen molar-refractivity contribution < 1.29 is 8.42 Å². The van der Waals surface area contributed by atoms with Crippen LogP contribution in [0.4, 0.5) is 0 Å². The van der Waals surface area contributed by atoms with E-state index in [0.29, 0.717) is 12.2 Å². The molecule has 0 amide bonds. The Kier molecular flexibility index (Phi) is 4.74. The van der Waals surface area contributed by atoms with E-state index in [1.165, 1.54) is 9.25 Å². The van der Waals surface area contributed by atoms with Gasteiger partial charge in [-0.2, -0.15) is 0 Å². The van der Waals surface area contributed by atoms with Crippen molar-refractivity contribution in [3.8, 4) is 11.4 Å². The molecule has 0 saturated heterocycles. The Morgan fingerprint density at radius 2 is 1.78 bits per heavy atom. The second kappa shape index (κ2) is 6.27. The quantitative estimate of drug-likeness (QED) is 0.819. The van der Waals surface area contributed by atoms with Gasteiger partial charge in [-0.3, -0.25) is 9.55 Å². The van der Waals surface area contributed by atoms with Crippen LogP contribution in [0.25, 0.3) is 11.4 Å². The molecule has 0 unspecified atom stereocenters. The van der Waals surface area contributed by atoms with Crippen molar-refractivity contribution in [3.05, 3.63) is 35.0 Å². The standard InChI is InChI=1S/C15H22N4O3S/c1-15(2,3)23(21,22)11-5-10-19-14(20)18(4)13(17-19)12-6-8-16-9-7-12/h6-9H,5,10-11H2,1-4H3. The number of nitrogens with zero attached hydrogens (tertiary/aromatic N) is 4. The lowest BCUT2D eigenvalue weighted by Gasteiger charge is -2.18. The van der Waals surface area contributed by atoms with Gasteiger partial charge in [0.05, 0.1) is 10.5 Å². The Morgan fingerprint density at radius 3 is 2.35 bits per heavy atom. The lowest BCUT2D eigenvalue weighted by molar-refractivity contribution is 0.539. The van der Waals surface area contributed by atoms with Crippen molar-refractivity contribution >= 4 is 9.84 Å². The summed E-state index contributed by atoms with van der Waals surface area (Å²) >= 11 is 0. The summed E-state index contributed by atoms with van der Waals surface area (Å²) in [6.45, 7) is 5.30. The Labute approximate surface area is 135 Å². The van der Waals surface area contributed by atoms with E-state index in [-0.39, 0.29) is 18.0 Å². The zero-order valence-electron chi connectivity index (χ0n) is 13.9. The van der Waals surface area contributed by atoms with Crippen molar-refractivity contribution in [2.24, 2.45) is 7.05 Å². The van der Waals surface area contributed by atoms with E-state index in [1.807, 2.05) is 0 Å². The summed E-state index contributed by atoms with van der Waals surface area (Å²) in [4.78, 5) is 16.2. The molecule has 0 spiro atoms. The Bertz CT molecular complexity index is 830. The van der Waals surface area contributed by atoms with E-state index in [1.54, 1.807) is 52.3 Å². The molecule has 0 radical (unpaired) electrons. The summed E-state index contributed by atoms with van der Waals surface area (Å²) < 4.78 is 26.2. The molecule has 7 nitrogen and oxygen atoms in total. The second-order valence-electron chi connectivity index (χ2n) is 6.41. The third kappa shape index (κ3) is 3.69. The Morgan fingerprint density at radius 1 is 1.17 bits per heavy atom. The van der Waals surface area contributed by atoms with Crippen molar-refractivity contribution in [2.45, 2.75) is 38.5 Å². The zero-order chi connectivity index (χ0) is 17.3. The predicted octanol–water partition coefficient (Wildman–Crippen LogP) is 1.25. The van der Waals surface area contributed by atoms with Crippen LogP contribution in [0.2, 0.25) is 0 Å². The highest BCUT2D eigenvalue weighted by atomic mass is 32.2. The molecule has 0 saturated carbocycles. The SMILES string of the molecule is Cn1c(-c2ccncc2)nn(CCCS(=O)(=O)C(C)(C)C)c1=O. The molecular weight excluding hydrogens is 316 g/mol. The molecule has 126 valence electrons. The fourth-order valence-corrected chi connectivity index (χ4v) is 3.22. The highest BCUT2D eigenvalue weighted by molar-refractivity contribution is 7.92. The van der Waals surface area contributed by atoms with Crippen LogP contribution >= 0.6 is 0 Å². The number of aromatic nitrogens is 4. The van der Waals surface area contributed by atoms with E-state index in [2.05, 4.69) is 10.1 Å². The summed E-state index contributed by atoms with van der Waals surface area (Å²) in [6.07, 6.45) is 3.62. The normalized spacial score (nSPS) is 12.5. The number of pyridine rings is 1. The Balaban J connectivity index is 2.16. The van der Waals surface area contributed by atoms with Gasteiger partial charge in [-0.15, -0.1) is 5.10 Å². The van der Waals surface area contributed by atoms with E-state index in [0.717, 1.165) is 5.56 Å². The number of aryl methyl sites for hydroxylation is 1. The summed E-state index contributed by atoms with van der Waals surface area (Å²) in [5.41, 5.74) is 0.533. The molecule has 2 aromatic rings. The van der Waals surface area contributed by atoms with Gasteiger partial charge in [0.15, 0.2) is 15.7 Å². The average molecular weight is 338 g/mol. The van der Waals surface area contributed by atoms with Crippen LogP contribution in [0.1, 0.15) is 27.2 Å². The number of hydrogen-bond acceptors (Lipinski definition) is 5. The van der Waals surface area contributed by atoms with Gasteiger partial charge in [0.25, 0.3) is 0 Å². The van der Waals surface area contributed by atoms with Crippen LogP contribution in [-0.2, 0) is 23.4 Å². The molecule has 8 heteroatoms. The fraction of sp³-hybridized carbons (Fsp3) is 0.533. The molecule has 0 aliphatic carbocycles. The van der Waals surface area contributed by atoms with Gasteiger partial charge in [-0.25, -0.2) is 17.9 Å². The van der Waals surface area contributed by atoms with Crippen molar-refractivity contribution in [3.63, 3.8) is 0 Å². The van der Waals surface area contributed by atoms with Crippen LogP contribution < -0.4 is 5.69 Å². The summed E-state index contributed by atoms with van der Waals surface area (Å²) in [5, 5.41) is 4.31. The highest BCUT2D eigenvalue weighted by Crippen LogP contribution is 2.17. The minimum absolute atomic E-state index is 0.0318. The largest absolute Gasteiger partial charge is 0.345 e. The molecule has 0 N–H and O–H groups in total. The minimum Gasteiger partial charge on any atom is -0.278 e. The molecule has 0 fully saturated rings. The molecule has 2 heterocycles. The average Bonchev–Trinajstić information content (AvgIpc) is 2.75. The fourth-order valence-electron chi connectivity index (χ4n) is 2.10. The molecule has 23 heavy (non-hydrogen) atoms. The molecule has 0 aromatic carbocycles. The minimum atomic E-state index is -3.19. The van der Waals surface area contributed by atoms with E-state index in [9.17, 15) is 13.2 Å². The lowest BCUT2D eigenvalue weighted by Crippen LogP contribution is -2.31. The maximum atomic E-state index is 12.2. The van der Waals surface area contributed by atoms with Gasteiger partial charge in [0.2, 0.25) is 0 Å². The first-order valence-electron chi connectivity index (χ1n) is 7.40. The molecule has 0 aliphatic rings. The third-order valence-electron chi connectivity index (χ3n) is 3.70. The number of rotatable bonds is 5. The highest BCUT2D eigenvalue weighted by Gasteiger charge is 2.28. The van der Waals surface area contributed by atoms with E-state index >= 15 is 0 Å². The topological polar surface area (TPSA) is 86.8 Å². The summed E-state index contributed by atoms with van der Waals surface area (Å²) in [6, 6.07) is 3.55. The van der Waals surface area contributed by atoms with Crippen LogP contribution in [0.5, 0.6) is 0 Å². The van der Waals surface area contributed by atoms with Crippen LogP contribution in [0, 0.1) is 0 Å². The third-order valence-corrected chi connectivity index (χ3v) is 6.39. The molecular formula is C15H22N4O3S. The summed E-state index contributed by atoms with van der Waals surface area (Å²) in [7, 11) is -1.55. The van der Waals surface area contributed by atoms with E-state index < -0.39 is 14.6 Å². The van der Waals surface area contributed by atoms with Crippen molar-refractivity contribution in [1.29, 1.82) is 0 Å². The Hall–Kier alpha value is -1.96. The first-order chi connectivity index (χ1) is 10.6. The van der Waals surface area contributed by atoms with E-state index in [4.69, 9.17) is 0 Å². The van der Waals surface area contributed by atoms with Crippen LogP contribution in [-0.4, -0.2) is 38.2 Å². The molecule has 2 aromatic heterocycles. The van der Waals surface area contributed by atoms with Gasteiger partial charge < -0.3 is 0 Å². The lowest BCUT2D eigenvalue weighted by atomic mass is 10.2. The van der Waals surface area contributed by atoms with Gasteiger partial charge in [0.1, 0.15) is 0 Å². The number of hydrogen-bond donors (Lipinski definition) is 0. The smallest absolute Gasteiger partial charge is 0.278 e. The molecule has 2 rings (SSSR count). The molecule has 0 atom stereocenters. The van der Waals surface area contributed by atoms with Gasteiger partial charge in [0, 0.05) is 31.5 Å². The van der Waals surface area contributed by atoms with Crippen LogP contribution in [0.3, 0.4) is 0 Å². The monoisotopic (exact) mass is 338 g/mol. The first kappa shape index (κ1) is 17.4. The molecule has 0 bridgehead atoms. The van der Waals surface area contributed by atoms with Crippen LogP contribution in [0.15, 0.2) is 29.3 Å². The van der Waals surface area contributed by atoms with Gasteiger partial charge in [-0.1, -0.05) is 0 Å².